The number of benzene rings is 2. The van der Waals surface area contributed by atoms with Crippen LogP contribution in [-0.2, 0) is 6.42 Å². The Labute approximate surface area is 114 Å². The summed E-state index contributed by atoms with van der Waals surface area (Å²) in [4.78, 5) is 12.1. The molecular weight excluding hydrogens is 260 g/mol. The molecule has 0 heterocycles. The Kier molecular flexibility index (Phi) is 2.46. The molecule has 0 unspecified atom stereocenters. The van der Waals surface area contributed by atoms with Gasteiger partial charge in [-0.25, -0.2) is 0 Å². The van der Waals surface area contributed by atoms with Crippen LogP contribution in [0.25, 0.3) is 10.8 Å². The van der Waals surface area contributed by atoms with Crippen molar-refractivity contribution in [1.29, 1.82) is 0 Å². The molecule has 2 aromatic carbocycles. The Morgan fingerprint density at radius 1 is 1.10 bits per heavy atom. The second-order valence-corrected chi connectivity index (χ2v) is 5.60. The number of hydrogen-bond donors (Lipinski definition) is 4. The number of Topliss-reactive ketones (excluding diaryl/α,β-unsaturated/α-hetero) is 1. The Morgan fingerprint density at radius 2 is 1.80 bits per heavy atom. The standard InChI is InChI=1S/C15H14O5/c1-15(20)5-8-2-7-3-9(16)4-10(17)12(7)14(19)13(8)11(18)6-15/h2-4,16-17,19-20H,5-6H2,1H3/t15-/m1/s1. The Morgan fingerprint density at radius 3 is 2.50 bits per heavy atom. The van der Waals surface area contributed by atoms with Crippen LogP contribution in [0.15, 0.2) is 18.2 Å². The Hall–Kier alpha value is -2.27. The maximum atomic E-state index is 12.1. The van der Waals surface area contributed by atoms with E-state index in [1.165, 1.54) is 6.07 Å². The molecule has 5 heteroatoms. The zero-order chi connectivity index (χ0) is 14.7. The predicted molar refractivity (Wildman–Crippen MR) is 72.2 cm³/mol. The highest BCUT2D eigenvalue weighted by atomic mass is 16.3. The van der Waals surface area contributed by atoms with Gasteiger partial charge in [0.05, 0.1) is 16.6 Å². The summed E-state index contributed by atoms with van der Waals surface area (Å²) in [7, 11) is 0. The van der Waals surface area contributed by atoms with E-state index in [0.717, 1.165) is 6.07 Å². The van der Waals surface area contributed by atoms with Crippen LogP contribution in [0.3, 0.4) is 0 Å². The highest BCUT2D eigenvalue weighted by molar-refractivity contribution is 6.09. The fraction of sp³-hybridized carbons (Fsp3) is 0.267. The van der Waals surface area contributed by atoms with Crippen molar-refractivity contribution in [3.63, 3.8) is 0 Å². The van der Waals surface area contributed by atoms with E-state index in [4.69, 9.17) is 0 Å². The molecule has 0 saturated carbocycles. The number of rotatable bonds is 0. The molecule has 0 radical (unpaired) electrons. The van der Waals surface area contributed by atoms with Crippen LogP contribution < -0.4 is 0 Å². The smallest absolute Gasteiger partial charge is 0.169 e. The van der Waals surface area contributed by atoms with Gasteiger partial charge in [-0.2, -0.15) is 0 Å². The number of ketones is 1. The minimum Gasteiger partial charge on any atom is -0.508 e. The van der Waals surface area contributed by atoms with Gasteiger partial charge in [-0.1, -0.05) is 0 Å². The largest absolute Gasteiger partial charge is 0.508 e. The van der Waals surface area contributed by atoms with Gasteiger partial charge in [0.2, 0.25) is 0 Å². The summed E-state index contributed by atoms with van der Waals surface area (Å²) < 4.78 is 0. The molecule has 4 N–H and O–H groups in total. The fourth-order valence-electron chi connectivity index (χ4n) is 2.90. The number of hydrogen-bond acceptors (Lipinski definition) is 5. The number of aliphatic hydroxyl groups is 1. The van der Waals surface area contributed by atoms with E-state index in [1.54, 1.807) is 13.0 Å². The lowest BCUT2D eigenvalue weighted by molar-refractivity contribution is 0.0409. The second kappa shape index (κ2) is 3.86. The third-order valence-corrected chi connectivity index (χ3v) is 3.65. The van der Waals surface area contributed by atoms with Gasteiger partial charge in [-0.15, -0.1) is 0 Å². The summed E-state index contributed by atoms with van der Waals surface area (Å²) in [6, 6.07) is 4.11. The summed E-state index contributed by atoms with van der Waals surface area (Å²) in [6.07, 6.45) is 0.159. The van der Waals surface area contributed by atoms with Gasteiger partial charge < -0.3 is 20.4 Å². The SMILES string of the molecule is C[C@]1(O)CC(=O)c2c(cc3cc(O)cc(O)c3c2O)C1. The zero-order valence-electron chi connectivity index (χ0n) is 10.8. The molecular formula is C15H14O5. The maximum Gasteiger partial charge on any atom is 0.169 e. The van der Waals surface area contributed by atoms with Crippen LogP contribution in [0.2, 0.25) is 0 Å². The monoisotopic (exact) mass is 274 g/mol. The van der Waals surface area contributed by atoms with Crippen LogP contribution in [-0.4, -0.2) is 31.8 Å². The zero-order valence-corrected chi connectivity index (χ0v) is 10.8. The van der Waals surface area contributed by atoms with Gasteiger partial charge in [0.25, 0.3) is 0 Å². The summed E-state index contributed by atoms with van der Waals surface area (Å²) in [6.45, 7) is 1.56. The number of phenolic OH excluding ortho intramolecular Hbond substituents is 3. The van der Waals surface area contributed by atoms with E-state index in [1.807, 2.05) is 0 Å². The van der Waals surface area contributed by atoms with Gasteiger partial charge in [0, 0.05) is 18.9 Å². The van der Waals surface area contributed by atoms with Gasteiger partial charge in [-0.3, -0.25) is 4.79 Å². The highest BCUT2D eigenvalue weighted by Gasteiger charge is 2.35. The lowest BCUT2D eigenvalue weighted by atomic mass is 9.79. The van der Waals surface area contributed by atoms with E-state index >= 15 is 0 Å². The van der Waals surface area contributed by atoms with Crippen LogP contribution in [0, 0.1) is 0 Å². The maximum absolute atomic E-state index is 12.1. The van der Waals surface area contributed by atoms with Gasteiger partial charge in [0.1, 0.15) is 17.2 Å². The predicted octanol–water partition coefficient (Wildman–Crippen LogP) is 1.84. The van der Waals surface area contributed by atoms with Crippen molar-refractivity contribution in [1.82, 2.24) is 0 Å². The summed E-state index contributed by atoms with van der Waals surface area (Å²) >= 11 is 0. The third kappa shape index (κ3) is 1.78. The first kappa shape index (κ1) is 12.7. The lowest BCUT2D eigenvalue weighted by Crippen LogP contribution is -2.35. The van der Waals surface area contributed by atoms with Crippen molar-refractivity contribution in [2.24, 2.45) is 0 Å². The molecule has 1 aliphatic rings. The van der Waals surface area contributed by atoms with Crippen molar-refractivity contribution in [2.45, 2.75) is 25.4 Å². The van der Waals surface area contributed by atoms with E-state index in [-0.39, 0.29) is 46.8 Å². The Bertz CT molecular complexity index is 746. The van der Waals surface area contributed by atoms with Crippen LogP contribution in [0.1, 0.15) is 29.3 Å². The lowest BCUT2D eigenvalue weighted by Gasteiger charge is -2.29. The van der Waals surface area contributed by atoms with Crippen LogP contribution >= 0.6 is 0 Å². The molecule has 0 saturated heterocycles. The Balaban J connectivity index is 2.38. The first-order chi connectivity index (χ1) is 9.28. The van der Waals surface area contributed by atoms with E-state index in [2.05, 4.69) is 0 Å². The molecule has 0 aromatic heterocycles. The average Bonchev–Trinajstić information content (AvgIpc) is 2.24. The van der Waals surface area contributed by atoms with Crippen molar-refractivity contribution >= 4 is 16.6 Å². The van der Waals surface area contributed by atoms with Crippen molar-refractivity contribution < 1.29 is 25.2 Å². The summed E-state index contributed by atoms with van der Waals surface area (Å²) in [5.41, 5.74) is -0.491. The molecule has 3 rings (SSSR count). The number of aromatic hydroxyl groups is 3. The second-order valence-electron chi connectivity index (χ2n) is 5.60. The van der Waals surface area contributed by atoms with Gasteiger partial charge in [-0.05, 0) is 30.0 Å². The number of phenols is 3. The normalized spacial score (nSPS) is 22.0. The molecule has 2 aromatic rings. The first-order valence-corrected chi connectivity index (χ1v) is 6.24. The highest BCUT2D eigenvalue weighted by Crippen LogP contribution is 2.43. The molecule has 0 aliphatic heterocycles. The third-order valence-electron chi connectivity index (χ3n) is 3.65. The van der Waals surface area contributed by atoms with E-state index < -0.39 is 5.60 Å². The molecule has 1 aliphatic carbocycles. The molecule has 104 valence electrons. The first-order valence-electron chi connectivity index (χ1n) is 6.24. The average molecular weight is 274 g/mol. The van der Waals surface area contributed by atoms with Crippen LogP contribution in [0.5, 0.6) is 17.2 Å². The molecule has 0 spiro atoms. The van der Waals surface area contributed by atoms with Crippen molar-refractivity contribution in [3.8, 4) is 17.2 Å². The molecule has 0 bridgehead atoms. The minimum absolute atomic E-state index is 0.0715. The quantitative estimate of drug-likeness (QED) is 0.587. The van der Waals surface area contributed by atoms with E-state index in [9.17, 15) is 25.2 Å². The molecule has 5 nitrogen and oxygen atoms in total. The number of fused-ring (bicyclic) bond motifs is 2. The topological polar surface area (TPSA) is 98.0 Å². The number of carbonyl (C=O) groups excluding carboxylic acids is 1. The van der Waals surface area contributed by atoms with Gasteiger partial charge >= 0.3 is 0 Å². The van der Waals surface area contributed by atoms with Crippen molar-refractivity contribution in [3.05, 3.63) is 29.3 Å². The van der Waals surface area contributed by atoms with Crippen LogP contribution in [0.4, 0.5) is 0 Å². The van der Waals surface area contributed by atoms with Gasteiger partial charge in [0.15, 0.2) is 5.78 Å². The molecule has 1 atom stereocenters. The number of carbonyl (C=O) groups is 1. The molecule has 20 heavy (non-hydrogen) atoms. The minimum atomic E-state index is -1.15. The molecule has 0 fully saturated rings. The van der Waals surface area contributed by atoms with E-state index in [0.29, 0.717) is 10.9 Å². The molecule has 0 amide bonds. The fourth-order valence-corrected chi connectivity index (χ4v) is 2.90. The summed E-state index contributed by atoms with van der Waals surface area (Å²) in [5.74, 6) is -1.08. The van der Waals surface area contributed by atoms with Crippen molar-refractivity contribution in [2.75, 3.05) is 0 Å². The summed E-state index contributed by atoms with van der Waals surface area (Å²) in [5, 5.41) is 40.2.